The highest BCUT2D eigenvalue weighted by molar-refractivity contribution is 5.56. The first-order valence-electron chi connectivity index (χ1n) is 4.32. The fourth-order valence-electron chi connectivity index (χ4n) is 1.91. The fraction of sp³-hybridized carbons (Fsp3) is 0.273. The molecule has 0 radical (unpaired) electrons. The van der Waals surface area contributed by atoms with Crippen LogP contribution in [-0.2, 0) is 6.42 Å². The molecule has 0 heterocycles. The smallest absolute Gasteiger partial charge is 0.0300 e. The zero-order valence-electron chi connectivity index (χ0n) is 7.09. The Balaban J connectivity index is 2.57. The van der Waals surface area contributed by atoms with E-state index < -0.39 is 0 Å². The van der Waals surface area contributed by atoms with Gasteiger partial charge in [0.2, 0.25) is 0 Å². The van der Waals surface area contributed by atoms with Gasteiger partial charge in [0, 0.05) is 6.04 Å². The van der Waals surface area contributed by atoms with Crippen LogP contribution in [0.15, 0.2) is 24.8 Å². The first kappa shape index (κ1) is 7.56. The van der Waals surface area contributed by atoms with E-state index in [1.54, 1.807) is 0 Å². The molecule has 1 aliphatic carbocycles. The van der Waals surface area contributed by atoms with Gasteiger partial charge in [-0.25, -0.2) is 0 Å². The van der Waals surface area contributed by atoms with Crippen LogP contribution in [0.2, 0.25) is 0 Å². The zero-order valence-corrected chi connectivity index (χ0v) is 7.09. The van der Waals surface area contributed by atoms with Crippen LogP contribution in [0.5, 0.6) is 0 Å². The Bertz CT molecular complexity index is 315. The van der Waals surface area contributed by atoms with Gasteiger partial charge in [0.25, 0.3) is 0 Å². The number of fused-ring (bicyclic) bond motifs is 1. The standard InChI is InChI=1S/C11H13N/c1-2-8-4-3-5-10-9(8)6-7-11(10)12/h2-5,11H,1,6-7,12H2/t11-/m1/s1. The van der Waals surface area contributed by atoms with E-state index in [1.807, 2.05) is 6.08 Å². The maximum atomic E-state index is 5.94. The largest absolute Gasteiger partial charge is 0.324 e. The Hall–Kier alpha value is -1.08. The normalized spacial score (nSPS) is 20.6. The average Bonchev–Trinajstić information content (AvgIpc) is 2.48. The molecule has 1 aromatic rings. The number of hydrogen-bond acceptors (Lipinski definition) is 1. The summed E-state index contributed by atoms with van der Waals surface area (Å²) in [6.45, 7) is 3.79. The van der Waals surface area contributed by atoms with Crippen molar-refractivity contribution >= 4 is 6.08 Å². The van der Waals surface area contributed by atoms with Crippen molar-refractivity contribution in [2.75, 3.05) is 0 Å². The van der Waals surface area contributed by atoms with Crippen LogP contribution in [0.1, 0.15) is 29.2 Å². The van der Waals surface area contributed by atoms with Crippen molar-refractivity contribution < 1.29 is 0 Å². The third-order valence-corrected chi connectivity index (χ3v) is 2.57. The molecule has 0 bridgehead atoms. The maximum absolute atomic E-state index is 5.94. The second-order valence-corrected chi connectivity index (χ2v) is 3.26. The average molecular weight is 159 g/mol. The summed E-state index contributed by atoms with van der Waals surface area (Å²) in [5, 5.41) is 0. The minimum Gasteiger partial charge on any atom is -0.324 e. The van der Waals surface area contributed by atoms with E-state index in [4.69, 9.17) is 5.73 Å². The van der Waals surface area contributed by atoms with Gasteiger partial charge < -0.3 is 5.73 Å². The van der Waals surface area contributed by atoms with Crippen LogP contribution in [-0.4, -0.2) is 0 Å². The molecule has 0 spiro atoms. The molecule has 0 saturated carbocycles. The molecule has 12 heavy (non-hydrogen) atoms. The molecule has 0 saturated heterocycles. The molecule has 1 heteroatoms. The summed E-state index contributed by atoms with van der Waals surface area (Å²) in [5.41, 5.74) is 9.90. The molecule has 0 aliphatic heterocycles. The van der Waals surface area contributed by atoms with Crippen LogP contribution in [0.25, 0.3) is 6.08 Å². The van der Waals surface area contributed by atoms with Gasteiger partial charge in [-0.15, -0.1) is 0 Å². The molecule has 0 aromatic heterocycles. The van der Waals surface area contributed by atoms with Crippen LogP contribution in [0.4, 0.5) is 0 Å². The summed E-state index contributed by atoms with van der Waals surface area (Å²) in [4.78, 5) is 0. The van der Waals surface area contributed by atoms with Crippen molar-refractivity contribution in [2.24, 2.45) is 5.73 Å². The number of benzene rings is 1. The molecule has 2 rings (SSSR count). The van der Waals surface area contributed by atoms with Gasteiger partial charge in [0.05, 0.1) is 0 Å². The molecule has 0 fully saturated rings. The lowest BCUT2D eigenvalue weighted by molar-refractivity contribution is 0.713. The molecule has 62 valence electrons. The summed E-state index contributed by atoms with van der Waals surface area (Å²) < 4.78 is 0. The van der Waals surface area contributed by atoms with E-state index in [1.165, 1.54) is 16.7 Å². The molecule has 1 atom stereocenters. The summed E-state index contributed by atoms with van der Waals surface area (Å²) in [7, 11) is 0. The molecule has 1 aromatic carbocycles. The summed E-state index contributed by atoms with van der Waals surface area (Å²) in [6.07, 6.45) is 4.11. The predicted octanol–water partition coefficient (Wildman–Crippen LogP) is 2.28. The second kappa shape index (κ2) is 2.76. The fourth-order valence-corrected chi connectivity index (χ4v) is 1.91. The number of hydrogen-bond donors (Lipinski definition) is 1. The van der Waals surface area contributed by atoms with E-state index in [-0.39, 0.29) is 6.04 Å². The second-order valence-electron chi connectivity index (χ2n) is 3.26. The predicted molar refractivity (Wildman–Crippen MR) is 51.8 cm³/mol. The Morgan fingerprint density at radius 1 is 1.50 bits per heavy atom. The van der Waals surface area contributed by atoms with Crippen molar-refractivity contribution in [3.05, 3.63) is 41.5 Å². The SMILES string of the molecule is C=Cc1cccc2c1CC[C@H]2N. The maximum Gasteiger partial charge on any atom is 0.0300 e. The minimum atomic E-state index is 0.250. The topological polar surface area (TPSA) is 26.0 Å². The van der Waals surface area contributed by atoms with E-state index in [9.17, 15) is 0 Å². The van der Waals surface area contributed by atoms with Crippen molar-refractivity contribution in [1.82, 2.24) is 0 Å². The molecule has 1 aliphatic rings. The Labute approximate surface area is 72.9 Å². The van der Waals surface area contributed by atoms with Gasteiger partial charge in [-0.2, -0.15) is 0 Å². The third-order valence-electron chi connectivity index (χ3n) is 2.57. The number of rotatable bonds is 1. The van der Waals surface area contributed by atoms with Gasteiger partial charge in [-0.1, -0.05) is 30.9 Å². The van der Waals surface area contributed by atoms with Crippen LogP contribution >= 0.6 is 0 Å². The third kappa shape index (κ3) is 0.978. The molecule has 0 amide bonds. The lowest BCUT2D eigenvalue weighted by Crippen LogP contribution is -2.04. The molecule has 0 unspecified atom stereocenters. The first-order valence-corrected chi connectivity index (χ1v) is 4.32. The quantitative estimate of drug-likeness (QED) is 0.668. The molecule has 2 N–H and O–H groups in total. The highest BCUT2D eigenvalue weighted by Crippen LogP contribution is 2.31. The van der Waals surface area contributed by atoms with Crippen LogP contribution in [0, 0.1) is 0 Å². The van der Waals surface area contributed by atoms with Crippen molar-refractivity contribution in [3.63, 3.8) is 0 Å². The van der Waals surface area contributed by atoms with Crippen molar-refractivity contribution in [3.8, 4) is 0 Å². The van der Waals surface area contributed by atoms with Gasteiger partial charge in [-0.05, 0) is 29.5 Å². The van der Waals surface area contributed by atoms with E-state index in [0.717, 1.165) is 12.8 Å². The summed E-state index contributed by atoms with van der Waals surface area (Å²) in [5.74, 6) is 0. The summed E-state index contributed by atoms with van der Waals surface area (Å²) >= 11 is 0. The Morgan fingerprint density at radius 2 is 2.33 bits per heavy atom. The Kier molecular flexibility index (Phi) is 1.74. The van der Waals surface area contributed by atoms with E-state index >= 15 is 0 Å². The summed E-state index contributed by atoms with van der Waals surface area (Å²) in [6, 6.07) is 6.53. The lowest BCUT2D eigenvalue weighted by Gasteiger charge is -2.05. The molecular weight excluding hydrogens is 146 g/mol. The lowest BCUT2D eigenvalue weighted by atomic mass is 10.0. The zero-order chi connectivity index (χ0) is 8.55. The van der Waals surface area contributed by atoms with Gasteiger partial charge >= 0.3 is 0 Å². The van der Waals surface area contributed by atoms with E-state index in [2.05, 4.69) is 24.8 Å². The minimum absolute atomic E-state index is 0.250. The Morgan fingerprint density at radius 3 is 3.08 bits per heavy atom. The first-order chi connectivity index (χ1) is 5.83. The van der Waals surface area contributed by atoms with Crippen molar-refractivity contribution in [2.45, 2.75) is 18.9 Å². The van der Waals surface area contributed by atoms with Gasteiger partial charge in [0.1, 0.15) is 0 Å². The van der Waals surface area contributed by atoms with Crippen molar-refractivity contribution in [1.29, 1.82) is 0 Å². The highest BCUT2D eigenvalue weighted by Gasteiger charge is 2.19. The monoisotopic (exact) mass is 159 g/mol. The molecular formula is C11H13N. The van der Waals surface area contributed by atoms with Gasteiger partial charge in [0.15, 0.2) is 0 Å². The molecule has 1 nitrogen and oxygen atoms in total. The van der Waals surface area contributed by atoms with Gasteiger partial charge in [-0.3, -0.25) is 0 Å². The highest BCUT2D eigenvalue weighted by atomic mass is 14.6. The van der Waals surface area contributed by atoms with Crippen LogP contribution < -0.4 is 5.73 Å². The van der Waals surface area contributed by atoms with E-state index in [0.29, 0.717) is 0 Å². The number of nitrogens with two attached hydrogens (primary N) is 1. The van der Waals surface area contributed by atoms with Crippen LogP contribution in [0.3, 0.4) is 0 Å².